The minimum absolute atomic E-state index is 0.163. The molecule has 0 aliphatic carbocycles. The van der Waals surface area contributed by atoms with Gasteiger partial charge >= 0.3 is 5.97 Å². The van der Waals surface area contributed by atoms with Crippen LogP contribution in [0, 0.1) is 0 Å². The predicted octanol–water partition coefficient (Wildman–Crippen LogP) is 2.16. The van der Waals surface area contributed by atoms with E-state index in [1.54, 1.807) is 17.5 Å². The molecule has 1 fully saturated rings. The van der Waals surface area contributed by atoms with Gasteiger partial charge in [-0.25, -0.2) is 8.42 Å². The van der Waals surface area contributed by atoms with Crippen molar-refractivity contribution in [3.63, 3.8) is 0 Å². The minimum Gasteiger partial charge on any atom is -0.480 e. The number of nitrogens with zero attached hydrogens (tertiary/aromatic N) is 1. The van der Waals surface area contributed by atoms with Gasteiger partial charge < -0.3 is 9.84 Å². The smallest absolute Gasteiger partial charge is 0.327 e. The van der Waals surface area contributed by atoms with Crippen LogP contribution in [0.3, 0.4) is 0 Å². The Balaban J connectivity index is 2.13. The van der Waals surface area contributed by atoms with E-state index in [-0.39, 0.29) is 24.5 Å². The molecule has 6 nitrogen and oxygen atoms in total. The van der Waals surface area contributed by atoms with E-state index in [0.717, 1.165) is 9.01 Å². The van der Waals surface area contributed by atoms with Gasteiger partial charge in [-0.1, -0.05) is 18.2 Å². The lowest BCUT2D eigenvalue weighted by atomic mass is 9.99. The lowest BCUT2D eigenvalue weighted by Crippen LogP contribution is -2.55. The Morgan fingerprint density at radius 1 is 1.43 bits per heavy atom. The first-order chi connectivity index (χ1) is 10.9. The summed E-state index contributed by atoms with van der Waals surface area (Å²) in [6, 6.07) is 7.21. The maximum absolute atomic E-state index is 13.1. The Bertz CT molecular complexity index is 844. The summed E-state index contributed by atoms with van der Waals surface area (Å²) < 4.78 is 33.2. The molecule has 124 valence electrons. The summed E-state index contributed by atoms with van der Waals surface area (Å²) in [7, 11) is -2.53. The van der Waals surface area contributed by atoms with Crippen molar-refractivity contribution in [2.75, 3.05) is 20.3 Å². The van der Waals surface area contributed by atoms with Crippen LogP contribution < -0.4 is 0 Å². The molecule has 0 amide bonds. The lowest BCUT2D eigenvalue weighted by molar-refractivity contribution is -0.150. The molecular formula is C15H17NO5S2. The van der Waals surface area contributed by atoms with E-state index in [4.69, 9.17) is 4.74 Å². The second kappa shape index (κ2) is 5.86. The Morgan fingerprint density at radius 2 is 2.17 bits per heavy atom. The molecule has 2 heterocycles. The van der Waals surface area contributed by atoms with E-state index >= 15 is 0 Å². The number of hydrogen-bond acceptors (Lipinski definition) is 5. The molecule has 1 N–H and O–H groups in total. The highest BCUT2D eigenvalue weighted by Crippen LogP contribution is 2.39. The summed E-state index contributed by atoms with van der Waals surface area (Å²) in [5.74, 6) is -1.17. The first-order valence-electron chi connectivity index (χ1n) is 7.15. The largest absolute Gasteiger partial charge is 0.480 e. The lowest BCUT2D eigenvalue weighted by Gasteiger charge is -2.32. The molecule has 0 bridgehead atoms. The van der Waals surface area contributed by atoms with Gasteiger partial charge in [0.15, 0.2) is 5.54 Å². The summed E-state index contributed by atoms with van der Waals surface area (Å²) in [6.07, 6.45) is 0.744. The van der Waals surface area contributed by atoms with Gasteiger partial charge in [-0.3, -0.25) is 4.79 Å². The van der Waals surface area contributed by atoms with E-state index < -0.39 is 21.5 Å². The van der Waals surface area contributed by atoms with Gasteiger partial charge in [0.1, 0.15) is 4.90 Å². The fraction of sp³-hybridized carbons (Fsp3) is 0.400. The SMILES string of the molecule is COCC1(C(=O)O)CCCN1S(=O)(=O)c1csc2ccccc12. The molecule has 23 heavy (non-hydrogen) atoms. The zero-order valence-electron chi connectivity index (χ0n) is 12.6. The monoisotopic (exact) mass is 355 g/mol. The van der Waals surface area contributed by atoms with Crippen molar-refractivity contribution in [3.05, 3.63) is 29.6 Å². The highest BCUT2D eigenvalue weighted by molar-refractivity contribution is 7.89. The van der Waals surface area contributed by atoms with Crippen LogP contribution in [0.5, 0.6) is 0 Å². The van der Waals surface area contributed by atoms with Crippen molar-refractivity contribution in [1.29, 1.82) is 0 Å². The highest BCUT2D eigenvalue weighted by atomic mass is 32.2. The average Bonchev–Trinajstić information content (AvgIpc) is 3.12. The van der Waals surface area contributed by atoms with Gasteiger partial charge in [-0.15, -0.1) is 11.3 Å². The average molecular weight is 355 g/mol. The van der Waals surface area contributed by atoms with Crippen LogP contribution in [-0.4, -0.2) is 49.6 Å². The molecule has 0 saturated carbocycles. The van der Waals surface area contributed by atoms with E-state index in [0.29, 0.717) is 11.8 Å². The Labute approximate surface area is 138 Å². The predicted molar refractivity (Wildman–Crippen MR) is 87.2 cm³/mol. The van der Waals surface area contributed by atoms with Crippen LogP contribution in [0.1, 0.15) is 12.8 Å². The molecule has 0 spiro atoms. The normalized spacial score (nSPS) is 22.7. The Morgan fingerprint density at radius 3 is 2.87 bits per heavy atom. The number of aliphatic carboxylic acids is 1. The molecule has 0 radical (unpaired) electrons. The third-order valence-electron chi connectivity index (χ3n) is 4.22. The van der Waals surface area contributed by atoms with Crippen LogP contribution in [0.15, 0.2) is 34.5 Å². The number of carboxylic acids is 1. The van der Waals surface area contributed by atoms with Crippen LogP contribution in [0.2, 0.25) is 0 Å². The Hall–Kier alpha value is -1.48. The molecule has 1 atom stereocenters. The quantitative estimate of drug-likeness (QED) is 0.888. The molecule has 1 saturated heterocycles. The number of ether oxygens (including phenoxy) is 1. The van der Waals surface area contributed by atoms with Gasteiger partial charge in [-0.2, -0.15) is 4.31 Å². The minimum atomic E-state index is -3.91. The summed E-state index contributed by atoms with van der Waals surface area (Å²) in [5.41, 5.74) is -1.53. The first kappa shape index (κ1) is 16.4. The zero-order chi connectivity index (χ0) is 16.7. The summed E-state index contributed by atoms with van der Waals surface area (Å²) in [5, 5.41) is 11.9. The molecule has 8 heteroatoms. The molecule has 1 aromatic carbocycles. The molecule has 1 aliphatic heterocycles. The maximum Gasteiger partial charge on any atom is 0.327 e. The van der Waals surface area contributed by atoms with Crippen molar-refractivity contribution < 1.29 is 23.1 Å². The van der Waals surface area contributed by atoms with E-state index in [1.807, 2.05) is 12.1 Å². The summed E-state index contributed by atoms with van der Waals surface area (Å²) in [6.45, 7) is 0.0196. The maximum atomic E-state index is 13.1. The zero-order valence-corrected chi connectivity index (χ0v) is 14.2. The van der Waals surface area contributed by atoms with Crippen LogP contribution in [-0.2, 0) is 19.6 Å². The summed E-state index contributed by atoms with van der Waals surface area (Å²) in [4.78, 5) is 12.0. The number of fused-ring (bicyclic) bond motifs is 1. The Kier molecular flexibility index (Phi) is 4.18. The van der Waals surface area contributed by atoms with Gasteiger partial charge in [-0.05, 0) is 18.9 Å². The third-order valence-corrected chi connectivity index (χ3v) is 7.34. The number of carboxylic acid groups (broad SMARTS) is 1. The van der Waals surface area contributed by atoms with Crippen LogP contribution in [0.4, 0.5) is 0 Å². The second-order valence-corrected chi connectivity index (χ2v) is 8.29. The molecule has 1 unspecified atom stereocenters. The number of hydrogen-bond donors (Lipinski definition) is 1. The van der Waals surface area contributed by atoms with Crippen molar-refractivity contribution in [3.8, 4) is 0 Å². The van der Waals surface area contributed by atoms with Gasteiger partial charge in [0.2, 0.25) is 10.0 Å². The topological polar surface area (TPSA) is 83.9 Å². The van der Waals surface area contributed by atoms with Gasteiger partial charge in [0.05, 0.1) is 6.61 Å². The van der Waals surface area contributed by atoms with Gasteiger partial charge in [0, 0.05) is 29.1 Å². The number of thiophene rings is 1. The van der Waals surface area contributed by atoms with Crippen LogP contribution >= 0.6 is 11.3 Å². The van der Waals surface area contributed by atoms with E-state index in [2.05, 4.69) is 0 Å². The number of sulfonamides is 1. The standard InChI is InChI=1S/C15H17NO5S2/c1-21-10-15(14(17)18)7-4-8-16(15)23(19,20)13-9-22-12-6-3-2-5-11(12)13/h2-3,5-6,9H,4,7-8,10H2,1H3,(H,17,18). The van der Waals surface area contributed by atoms with E-state index in [9.17, 15) is 18.3 Å². The fourth-order valence-electron chi connectivity index (χ4n) is 3.13. The molecule has 1 aromatic heterocycles. The molecule has 1 aliphatic rings. The van der Waals surface area contributed by atoms with E-state index in [1.165, 1.54) is 18.4 Å². The third kappa shape index (κ3) is 2.46. The fourth-order valence-corrected chi connectivity index (χ4v) is 6.40. The molecule has 3 rings (SSSR count). The van der Waals surface area contributed by atoms with Crippen molar-refractivity contribution >= 4 is 37.4 Å². The van der Waals surface area contributed by atoms with Crippen LogP contribution in [0.25, 0.3) is 10.1 Å². The van der Waals surface area contributed by atoms with Crippen molar-refractivity contribution in [1.82, 2.24) is 4.31 Å². The molecular weight excluding hydrogens is 338 g/mol. The number of rotatable bonds is 5. The number of carbonyl (C=O) groups is 1. The van der Waals surface area contributed by atoms with Crippen molar-refractivity contribution in [2.24, 2.45) is 0 Å². The summed E-state index contributed by atoms with van der Waals surface area (Å²) >= 11 is 1.34. The van der Waals surface area contributed by atoms with Crippen molar-refractivity contribution in [2.45, 2.75) is 23.3 Å². The number of methoxy groups -OCH3 is 1. The second-order valence-electron chi connectivity index (χ2n) is 5.55. The molecule has 2 aromatic rings. The number of benzene rings is 1. The first-order valence-corrected chi connectivity index (χ1v) is 9.47. The highest BCUT2D eigenvalue weighted by Gasteiger charge is 2.53. The van der Waals surface area contributed by atoms with Gasteiger partial charge in [0.25, 0.3) is 0 Å².